The molecule has 0 aromatic carbocycles. The quantitative estimate of drug-likeness (QED) is 0.498. The Bertz CT molecular complexity index is 417. The summed E-state index contributed by atoms with van der Waals surface area (Å²) in [4.78, 5) is 25.6. The third kappa shape index (κ3) is 3.04. The highest BCUT2D eigenvalue weighted by Gasteiger charge is 2.15. The Balaban J connectivity index is 2.87. The number of thiazole rings is 1. The van der Waals surface area contributed by atoms with Crippen molar-refractivity contribution in [3.8, 4) is 0 Å². The van der Waals surface area contributed by atoms with Crippen LogP contribution in [0.1, 0.15) is 12.6 Å². The molecule has 86 valence electrons. The van der Waals surface area contributed by atoms with E-state index in [9.17, 15) is 9.59 Å². The van der Waals surface area contributed by atoms with Crippen LogP contribution in [0.4, 0.5) is 5.13 Å². The number of nitrogens with zero attached hydrogens (tertiary/aromatic N) is 1. The summed E-state index contributed by atoms with van der Waals surface area (Å²) in [6.07, 6.45) is 0.511. The smallest absolute Gasteiger partial charge is 0.341 e. The Labute approximate surface area is 101 Å². The highest BCUT2D eigenvalue weighted by Crippen LogP contribution is 2.22. The fraction of sp³-hybridized carbons (Fsp3) is 0.222. The third-order valence-electron chi connectivity index (χ3n) is 1.57. The number of aromatic nitrogens is 1. The van der Waals surface area contributed by atoms with E-state index in [-0.39, 0.29) is 12.2 Å². The topological polar surface area (TPSA) is 68.3 Å². The number of esters is 1. The molecule has 16 heavy (non-hydrogen) atoms. The van der Waals surface area contributed by atoms with Crippen LogP contribution in [0.5, 0.6) is 0 Å². The monoisotopic (exact) mass is 260 g/mol. The van der Waals surface area contributed by atoms with Gasteiger partial charge in [-0.1, -0.05) is 11.6 Å². The van der Waals surface area contributed by atoms with E-state index >= 15 is 0 Å². The normalized spacial score (nSPS) is 11.0. The van der Waals surface area contributed by atoms with Gasteiger partial charge in [-0.25, -0.2) is 9.78 Å². The molecular weight excluding hydrogens is 252 g/mol. The van der Waals surface area contributed by atoms with E-state index in [2.05, 4.69) is 10.3 Å². The van der Waals surface area contributed by atoms with Gasteiger partial charge in [0, 0.05) is 10.9 Å². The van der Waals surface area contributed by atoms with Gasteiger partial charge < -0.3 is 10.1 Å². The number of halogens is 1. The van der Waals surface area contributed by atoms with Crippen LogP contribution in [0.2, 0.25) is 0 Å². The summed E-state index contributed by atoms with van der Waals surface area (Å²) in [6.45, 7) is 1.96. The maximum absolute atomic E-state index is 11.4. The van der Waals surface area contributed by atoms with Crippen LogP contribution in [0, 0.1) is 0 Å². The summed E-state index contributed by atoms with van der Waals surface area (Å²) < 4.78 is 4.80. The third-order valence-corrected chi connectivity index (χ3v) is 2.56. The van der Waals surface area contributed by atoms with Gasteiger partial charge in [-0.15, -0.1) is 11.3 Å². The molecule has 1 amide bonds. The average molecular weight is 261 g/mol. The van der Waals surface area contributed by atoms with Gasteiger partial charge in [0.2, 0.25) is 6.41 Å². The number of carbonyl (C=O) groups is 2. The van der Waals surface area contributed by atoms with Crippen molar-refractivity contribution in [1.29, 1.82) is 0 Å². The fourth-order valence-corrected chi connectivity index (χ4v) is 1.80. The van der Waals surface area contributed by atoms with Crippen molar-refractivity contribution in [3.05, 3.63) is 16.6 Å². The van der Waals surface area contributed by atoms with Gasteiger partial charge >= 0.3 is 5.97 Å². The number of amides is 1. The molecule has 7 heteroatoms. The number of hydrogen-bond donors (Lipinski definition) is 1. The molecule has 0 radical (unpaired) electrons. The Morgan fingerprint density at radius 2 is 2.50 bits per heavy atom. The zero-order chi connectivity index (χ0) is 12.0. The maximum Gasteiger partial charge on any atom is 0.341 e. The Morgan fingerprint density at radius 1 is 1.75 bits per heavy atom. The van der Waals surface area contributed by atoms with E-state index in [1.54, 1.807) is 12.3 Å². The molecule has 1 aromatic heterocycles. The van der Waals surface area contributed by atoms with Crippen LogP contribution in [-0.2, 0) is 14.3 Å². The summed E-state index contributed by atoms with van der Waals surface area (Å²) in [7, 11) is 0. The number of anilines is 1. The minimum absolute atomic E-state index is 0.165. The van der Waals surface area contributed by atoms with Crippen molar-refractivity contribution in [2.75, 3.05) is 11.9 Å². The van der Waals surface area contributed by atoms with Gasteiger partial charge in [-0.05, 0) is 6.92 Å². The first kappa shape index (κ1) is 12.7. The van der Waals surface area contributed by atoms with E-state index in [1.165, 1.54) is 11.3 Å². The van der Waals surface area contributed by atoms with Crippen LogP contribution in [0.25, 0.3) is 5.57 Å². The summed E-state index contributed by atoms with van der Waals surface area (Å²) in [5.41, 5.74) is 1.65. The Hall–Kier alpha value is -1.40. The highest BCUT2D eigenvalue weighted by molar-refractivity contribution is 7.14. The minimum Gasteiger partial charge on any atom is -0.462 e. The molecule has 0 saturated carbocycles. The Morgan fingerprint density at radius 3 is 3.06 bits per heavy atom. The van der Waals surface area contributed by atoms with Crippen LogP contribution < -0.4 is 5.32 Å². The highest BCUT2D eigenvalue weighted by atomic mass is 35.5. The molecular formula is C9H9ClN2O3S. The van der Waals surface area contributed by atoms with Gasteiger partial charge in [-0.3, -0.25) is 4.79 Å². The van der Waals surface area contributed by atoms with Crippen molar-refractivity contribution in [2.24, 2.45) is 0 Å². The second-order valence-corrected chi connectivity index (χ2v) is 3.62. The van der Waals surface area contributed by atoms with Crippen molar-refractivity contribution in [2.45, 2.75) is 6.92 Å². The second kappa shape index (κ2) is 6.24. The predicted molar refractivity (Wildman–Crippen MR) is 62.3 cm³/mol. The fourth-order valence-electron chi connectivity index (χ4n) is 0.928. The first-order chi connectivity index (χ1) is 7.72. The standard InChI is InChI=1S/C9H9ClN2O3S/c1-2-15-8(14)6(3-10)7-4-16-9(12-7)11-5-13/h3-5H,2H2,1H3,(H,11,12,13)/b6-3+. The van der Waals surface area contributed by atoms with E-state index in [4.69, 9.17) is 16.3 Å². The van der Waals surface area contributed by atoms with E-state index < -0.39 is 5.97 Å². The van der Waals surface area contributed by atoms with Gasteiger partial charge in [0.1, 0.15) is 0 Å². The molecule has 0 bridgehead atoms. The summed E-state index contributed by atoms with van der Waals surface area (Å²) in [6, 6.07) is 0. The summed E-state index contributed by atoms with van der Waals surface area (Å²) in [5, 5.41) is 4.38. The van der Waals surface area contributed by atoms with E-state index in [1.807, 2.05) is 0 Å². The van der Waals surface area contributed by atoms with Crippen LogP contribution in [-0.4, -0.2) is 24.0 Å². The van der Waals surface area contributed by atoms with E-state index in [0.29, 0.717) is 17.2 Å². The molecule has 0 spiro atoms. The number of rotatable bonds is 5. The van der Waals surface area contributed by atoms with Gasteiger partial charge in [0.15, 0.2) is 5.13 Å². The average Bonchev–Trinajstić information content (AvgIpc) is 2.68. The van der Waals surface area contributed by atoms with Gasteiger partial charge in [0.05, 0.1) is 17.9 Å². The molecule has 0 aliphatic heterocycles. The molecule has 0 saturated heterocycles. The number of nitrogens with one attached hydrogen (secondary N) is 1. The van der Waals surface area contributed by atoms with Crippen molar-refractivity contribution in [3.63, 3.8) is 0 Å². The lowest BCUT2D eigenvalue weighted by atomic mass is 10.2. The molecule has 1 rings (SSSR count). The van der Waals surface area contributed by atoms with Crippen molar-refractivity contribution in [1.82, 2.24) is 4.98 Å². The largest absolute Gasteiger partial charge is 0.462 e. The van der Waals surface area contributed by atoms with Crippen molar-refractivity contribution < 1.29 is 14.3 Å². The number of ether oxygens (including phenoxy) is 1. The number of hydrogen-bond acceptors (Lipinski definition) is 5. The zero-order valence-corrected chi connectivity index (χ0v) is 9.97. The molecule has 0 fully saturated rings. The zero-order valence-electron chi connectivity index (χ0n) is 8.40. The molecule has 5 nitrogen and oxygen atoms in total. The molecule has 1 heterocycles. The first-order valence-electron chi connectivity index (χ1n) is 4.36. The van der Waals surface area contributed by atoms with E-state index in [0.717, 1.165) is 5.54 Å². The van der Waals surface area contributed by atoms with Gasteiger partial charge in [0.25, 0.3) is 0 Å². The molecule has 0 unspecified atom stereocenters. The SMILES string of the molecule is CCOC(=O)/C(=C/Cl)c1csc(NC=O)n1. The maximum atomic E-state index is 11.4. The van der Waals surface area contributed by atoms with Crippen LogP contribution in [0.3, 0.4) is 0 Å². The summed E-state index contributed by atoms with van der Waals surface area (Å²) in [5.74, 6) is -0.541. The predicted octanol–water partition coefficient (Wildman–Crippen LogP) is 1.85. The Kier molecular flexibility index (Phi) is 4.94. The van der Waals surface area contributed by atoms with Gasteiger partial charge in [-0.2, -0.15) is 0 Å². The molecule has 0 atom stereocenters. The first-order valence-corrected chi connectivity index (χ1v) is 5.68. The van der Waals surface area contributed by atoms with Crippen LogP contribution >= 0.6 is 22.9 Å². The lowest BCUT2D eigenvalue weighted by molar-refractivity contribution is -0.136. The molecule has 1 N–H and O–H groups in total. The number of carbonyl (C=O) groups excluding carboxylic acids is 2. The molecule has 0 aliphatic rings. The second-order valence-electron chi connectivity index (χ2n) is 2.54. The minimum atomic E-state index is -0.541. The lowest BCUT2D eigenvalue weighted by Gasteiger charge is -2.02. The molecule has 1 aromatic rings. The molecule has 0 aliphatic carbocycles. The van der Waals surface area contributed by atoms with Crippen molar-refractivity contribution >= 4 is 46.0 Å². The lowest BCUT2D eigenvalue weighted by Crippen LogP contribution is -2.06. The summed E-state index contributed by atoms with van der Waals surface area (Å²) >= 11 is 6.72. The van der Waals surface area contributed by atoms with Crippen LogP contribution in [0.15, 0.2) is 10.9 Å².